The van der Waals surface area contributed by atoms with Gasteiger partial charge in [-0.2, -0.15) is 0 Å². The normalized spacial score (nSPS) is 22.0. The molecule has 1 saturated carbocycles. The minimum atomic E-state index is 0.0208. The first-order chi connectivity index (χ1) is 12.1. The molecular weight excluding hydrogens is 316 g/mol. The molecule has 1 aliphatic carbocycles. The van der Waals surface area contributed by atoms with Crippen LogP contribution in [0.4, 0.5) is 0 Å². The van der Waals surface area contributed by atoms with Gasteiger partial charge in [0, 0.05) is 39.7 Å². The molecule has 6 nitrogen and oxygen atoms in total. The molecule has 2 rings (SSSR count). The SMILES string of the molecule is CN(C)C(=O)CN=C(NCCCC1CCCCC1)NCC1CCOC1. The van der Waals surface area contributed by atoms with E-state index in [0.29, 0.717) is 5.92 Å². The molecule has 0 aromatic heterocycles. The van der Waals surface area contributed by atoms with Crippen molar-refractivity contribution in [2.24, 2.45) is 16.8 Å². The van der Waals surface area contributed by atoms with Crippen molar-refractivity contribution >= 4 is 11.9 Å². The lowest BCUT2D eigenvalue weighted by molar-refractivity contribution is -0.127. The fourth-order valence-corrected chi connectivity index (χ4v) is 3.52. The third-order valence-corrected chi connectivity index (χ3v) is 5.26. The van der Waals surface area contributed by atoms with Crippen molar-refractivity contribution in [3.05, 3.63) is 0 Å². The summed E-state index contributed by atoms with van der Waals surface area (Å²) in [5, 5.41) is 6.79. The number of likely N-dealkylation sites (N-methyl/N-ethyl adjacent to an activating group) is 1. The monoisotopic (exact) mass is 352 g/mol. The molecule has 25 heavy (non-hydrogen) atoms. The number of rotatable bonds is 8. The number of nitrogens with zero attached hydrogens (tertiary/aromatic N) is 2. The molecule has 0 aromatic carbocycles. The molecule has 0 aromatic rings. The molecule has 1 heterocycles. The summed E-state index contributed by atoms with van der Waals surface area (Å²) in [4.78, 5) is 17.8. The first-order valence-electron chi connectivity index (χ1n) is 9.95. The van der Waals surface area contributed by atoms with Crippen LogP contribution in [-0.2, 0) is 9.53 Å². The van der Waals surface area contributed by atoms with Crippen LogP contribution in [0.3, 0.4) is 0 Å². The van der Waals surface area contributed by atoms with Gasteiger partial charge in [-0.25, -0.2) is 4.99 Å². The quantitative estimate of drug-likeness (QED) is 0.398. The second kappa shape index (κ2) is 11.3. The van der Waals surface area contributed by atoms with Gasteiger partial charge in [0.15, 0.2) is 5.96 Å². The minimum Gasteiger partial charge on any atom is -0.381 e. The van der Waals surface area contributed by atoms with Gasteiger partial charge in [0.1, 0.15) is 6.54 Å². The molecule has 2 aliphatic rings. The standard InChI is InChI=1S/C19H36N4O2/c1-23(2)18(24)14-22-19(21-13-17-10-12-25-15-17)20-11-6-9-16-7-4-3-5-8-16/h16-17H,3-15H2,1-2H3,(H2,20,21,22). The van der Waals surface area contributed by atoms with Crippen molar-refractivity contribution in [1.82, 2.24) is 15.5 Å². The Bertz CT molecular complexity index is 414. The maximum Gasteiger partial charge on any atom is 0.243 e. The van der Waals surface area contributed by atoms with E-state index >= 15 is 0 Å². The summed E-state index contributed by atoms with van der Waals surface area (Å²) in [6, 6.07) is 0. The van der Waals surface area contributed by atoms with E-state index in [1.165, 1.54) is 44.9 Å². The van der Waals surface area contributed by atoms with Gasteiger partial charge in [-0.15, -0.1) is 0 Å². The fraction of sp³-hybridized carbons (Fsp3) is 0.895. The second-order valence-electron chi connectivity index (χ2n) is 7.64. The van der Waals surface area contributed by atoms with E-state index in [9.17, 15) is 4.79 Å². The Morgan fingerprint density at radius 3 is 2.60 bits per heavy atom. The van der Waals surface area contributed by atoms with Gasteiger partial charge in [0.05, 0.1) is 6.61 Å². The molecule has 0 spiro atoms. The zero-order chi connectivity index (χ0) is 17.9. The average Bonchev–Trinajstić information content (AvgIpc) is 3.14. The van der Waals surface area contributed by atoms with Crippen molar-refractivity contribution in [3.8, 4) is 0 Å². The summed E-state index contributed by atoms with van der Waals surface area (Å²) in [5.41, 5.74) is 0. The number of amides is 1. The lowest BCUT2D eigenvalue weighted by Gasteiger charge is -2.21. The van der Waals surface area contributed by atoms with Crippen LogP contribution in [0.2, 0.25) is 0 Å². The number of nitrogens with one attached hydrogen (secondary N) is 2. The molecule has 1 unspecified atom stereocenters. The summed E-state index contributed by atoms with van der Waals surface area (Å²) in [6.07, 6.45) is 10.6. The van der Waals surface area contributed by atoms with Crippen LogP contribution in [0, 0.1) is 11.8 Å². The summed E-state index contributed by atoms with van der Waals surface area (Å²) in [7, 11) is 3.52. The molecule has 1 saturated heterocycles. The zero-order valence-electron chi connectivity index (χ0n) is 16.1. The number of hydrogen-bond donors (Lipinski definition) is 2. The van der Waals surface area contributed by atoms with Gasteiger partial charge in [-0.05, 0) is 25.2 Å². The summed E-state index contributed by atoms with van der Waals surface area (Å²) in [5.74, 6) is 2.23. The van der Waals surface area contributed by atoms with E-state index in [1.807, 2.05) is 0 Å². The van der Waals surface area contributed by atoms with Crippen LogP contribution < -0.4 is 10.6 Å². The Kier molecular flexibility index (Phi) is 9.08. The molecule has 1 aliphatic heterocycles. The molecule has 2 fully saturated rings. The smallest absolute Gasteiger partial charge is 0.243 e. The highest BCUT2D eigenvalue weighted by molar-refractivity contribution is 5.84. The minimum absolute atomic E-state index is 0.0208. The average molecular weight is 353 g/mol. The molecule has 0 radical (unpaired) electrons. The highest BCUT2D eigenvalue weighted by Gasteiger charge is 2.16. The number of guanidine groups is 1. The maximum absolute atomic E-state index is 11.8. The number of carbonyl (C=O) groups excluding carboxylic acids is 1. The summed E-state index contributed by atoms with van der Waals surface area (Å²) in [6.45, 7) is 3.63. The molecule has 0 bridgehead atoms. The van der Waals surface area contributed by atoms with Crippen molar-refractivity contribution in [2.45, 2.75) is 51.4 Å². The topological polar surface area (TPSA) is 66.0 Å². The fourth-order valence-electron chi connectivity index (χ4n) is 3.52. The first kappa shape index (κ1) is 20.0. The number of hydrogen-bond acceptors (Lipinski definition) is 3. The summed E-state index contributed by atoms with van der Waals surface area (Å²) < 4.78 is 5.42. The Morgan fingerprint density at radius 2 is 1.92 bits per heavy atom. The van der Waals surface area contributed by atoms with E-state index in [-0.39, 0.29) is 12.5 Å². The predicted octanol–water partition coefficient (Wildman–Crippen LogP) is 2.01. The van der Waals surface area contributed by atoms with Crippen molar-refractivity contribution in [3.63, 3.8) is 0 Å². The third-order valence-electron chi connectivity index (χ3n) is 5.26. The lowest BCUT2D eigenvalue weighted by Crippen LogP contribution is -2.41. The molecule has 2 N–H and O–H groups in total. The van der Waals surface area contributed by atoms with Crippen LogP contribution in [0.15, 0.2) is 4.99 Å². The molecule has 6 heteroatoms. The van der Waals surface area contributed by atoms with Gasteiger partial charge >= 0.3 is 0 Å². The van der Waals surface area contributed by atoms with Crippen LogP contribution in [0.1, 0.15) is 51.4 Å². The Hall–Kier alpha value is -1.30. The van der Waals surface area contributed by atoms with Crippen LogP contribution in [0.5, 0.6) is 0 Å². The number of ether oxygens (including phenoxy) is 1. The number of carbonyl (C=O) groups is 1. The lowest BCUT2D eigenvalue weighted by atomic mass is 9.86. The summed E-state index contributed by atoms with van der Waals surface area (Å²) >= 11 is 0. The van der Waals surface area contributed by atoms with E-state index < -0.39 is 0 Å². The van der Waals surface area contributed by atoms with Gasteiger partial charge in [0.2, 0.25) is 5.91 Å². The van der Waals surface area contributed by atoms with Crippen molar-refractivity contribution < 1.29 is 9.53 Å². The predicted molar refractivity (Wildman–Crippen MR) is 102 cm³/mol. The first-order valence-corrected chi connectivity index (χ1v) is 9.95. The van der Waals surface area contributed by atoms with Crippen LogP contribution in [0.25, 0.3) is 0 Å². The highest BCUT2D eigenvalue weighted by Crippen LogP contribution is 2.26. The van der Waals surface area contributed by atoms with Gasteiger partial charge in [-0.1, -0.05) is 32.1 Å². The van der Waals surface area contributed by atoms with E-state index in [2.05, 4.69) is 15.6 Å². The Balaban J connectivity index is 1.71. The zero-order valence-corrected chi connectivity index (χ0v) is 16.1. The number of aliphatic imine (C=N–C) groups is 1. The molecule has 144 valence electrons. The maximum atomic E-state index is 11.8. The van der Waals surface area contributed by atoms with E-state index in [1.54, 1.807) is 19.0 Å². The van der Waals surface area contributed by atoms with Crippen molar-refractivity contribution in [2.75, 3.05) is 46.9 Å². The van der Waals surface area contributed by atoms with Gasteiger partial charge < -0.3 is 20.3 Å². The van der Waals surface area contributed by atoms with Crippen molar-refractivity contribution in [1.29, 1.82) is 0 Å². The Labute approximate surface area is 152 Å². The van der Waals surface area contributed by atoms with Crippen LogP contribution in [-0.4, -0.2) is 63.7 Å². The molecular formula is C19H36N4O2. The molecule has 1 atom stereocenters. The van der Waals surface area contributed by atoms with Gasteiger partial charge in [0.25, 0.3) is 0 Å². The highest BCUT2D eigenvalue weighted by atomic mass is 16.5. The third kappa shape index (κ3) is 8.08. The van der Waals surface area contributed by atoms with Gasteiger partial charge in [-0.3, -0.25) is 4.79 Å². The largest absolute Gasteiger partial charge is 0.381 e. The second-order valence-corrected chi connectivity index (χ2v) is 7.64. The molecule has 1 amide bonds. The van der Waals surface area contributed by atoms with E-state index in [0.717, 1.165) is 44.6 Å². The van der Waals surface area contributed by atoms with Crippen LogP contribution >= 0.6 is 0 Å². The van der Waals surface area contributed by atoms with E-state index in [4.69, 9.17) is 4.74 Å². The Morgan fingerprint density at radius 1 is 1.12 bits per heavy atom.